The fourth-order valence-corrected chi connectivity index (χ4v) is 1.42. The number of carbonyl (C=O) groups excluding carboxylic acids is 1. The van der Waals surface area contributed by atoms with Crippen LogP contribution in [0.15, 0.2) is 30.3 Å². The Hall–Kier alpha value is -1.39. The average Bonchev–Trinajstić information content (AvgIpc) is 2.38. The zero-order valence-electron chi connectivity index (χ0n) is 10.2. The van der Waals surface area contributed by atoms with Crippen LogP contribution in [0.3, 0.4) is 0 Å². The molecule has 0 aliphatic carbocycles. The molecule has 2 unspecified atom stereocenters. The van der Waals surface area contributed by atoms with E-state index in [9.17, 15) is 9.90 Å². The topological polar surface area (TPSA) is 58.6 Å². The summed E-state index contributed by atoms with van der Waals surface area (Å²) in [7, 11) is 1.49. The molecule has 0 spiro atoms. The molecule has 0 aromatic heterocycles. The van der Waals surface area contributed by atoms with Gasteiger partial charge in [-0.05, 0) is 18.9 Å². The van der Waals surface area contributed by atoms with Crippen LogP contribution < -0.4 is 5.32 Å². The van der Waals surface area contributed by atoms with E-state index in [4.69, 9.17) is 4.74 Å². The lowest BCUT2D eigenvalue weighted by molar-refractivity contribution is -0.130. The first-order valence-electron chi connectivity index (χ1n) is 5.68. The van der Waals surface area contributed by atoms with Crippen LogP contribution in [0.25, 0.3) is 0 Å². The van der Waals surface area contributed by atoms with Gasteiger partial charge in [0.15, 0.2) is 0 Å². The number of benzene rings is 1. The smallest absolute Gasteiger partial charge is 0.248 e. The van der Waals surface area contributed by atoms with Crippen LogP contribution >= 0.6 is 0 Å². The van der Waals surface area contributed by atoms with Gasteiger partial charge in [-0.3, -0.25) is 4.79 Å². The van der Waals surface area contributed by atoms with E-state index >= 15 is 0 Å². The summed E-state index contributed by atoms with van der Waals surface area (Å²) in [6, 6.07) is 9.39. The Morgan fingerprint density at radius 3 is 2.65 bits per heavy atom. The summed E-state index contributed by atoms with van der Waals surface area (Å²) in [5.74, 6) is -0.159. The summed E-state index contributed by atoms with van der Waals surface area (Å²) in [5, 5.41) is 12.6. The van der Waals surface area contributed by atoms with Crippen LogP contribution in [0.5, 0.6) is 0 Å². The van der Waals surface area contributed by atoms with Crippen molar-refractivity contribution in [3.05, 3.63) is 35.9 Å². The van der Waals surface area contributed by atoms with Gasteiger partial charge in [-0.25, -0.2) is 0 Å². The Morgan fingerprint density at radius 1 is 1.41 bits per heavy atom. The first-order valence-corrected chi connectivity index (χ1v) is 5.68. The van der Waals surface area contributed by atoms with Crippen LogP contribution in [0.1, 0.15) is 25.0 Å². The monoisotopic (exact) mass is 237 g/mol. The molecule has 0 aliphatic rings. The van der Waals surface area contributed by atoms with Crippen molar-refractivity contribution >= 4 is 5.91 Å². The quantitative estimate of drug-likeness (QED) is 0.783. The van der Waals surface area contributed by atoms with E-state index in [0.29, 0.717) is 13.0 Å². The van der Waals surface area contributed by atoms with Crippen molar-refractivity contribution in [2.24, 2.45) is 0 Å². The van der Waals surface area contributed by atoms with E-state index in [1.54, 1.807) is 6.92 Å². The standard InChI is InChI=1S/C13H19NO3/c1-10(17-2)13(16)14-9-8-12(15)11-6-4-3-5-7-11/h3-7,10,12,15H,8-9H2,1-2H3,(H,14,16). The molecule has 1 aromatic rings. The molecule has 0 aliphatic heterocycles. The van der Waals surface area contributed by atoms with Gasteiger partial charge in [0.1, 0.15) is 6.10 Å². The Morgan fingerprint density at radius 2 is 2.06 bits per heavy atom. The molecule has 4 heteroatoms. The minimum atomic E-state index is -0.547. The maximum atomic E-state index is 11.4. The van der Waals surface area contributed by atoms with E-state index in [1.807, 2.05) is 30.3 Å². The molecule has 1 rings (SSSR count). The lowest BCUT2D eigenvalue weighted by atomic mass is 10.1. The maximum absolute atomic E-state index is 11.4. The summed E-state index contributed by atoms with van der Waals surface area (Å²) >= 11 is 0. The van der Waals surface area contributed by atoms with Gasteiger partial charge < -0.3 is 15.2 Å². The third-order valence-corrected chi connectivity index (χ3v) is 2.62. The van der Waals surface area contributed by atoms with Gasteiger partial charge in [0.05, 0.1) is 6.10 Å². The first kappa shape index (κ1) is 13.7. The second-order valence-electron chi connectivity index (χ2n) is 3.88. The number of hydrogen-bond acceptors (Lipinski definition) is 3. The molecule has 0 radical (unpaired) electrons. The van der Waals surface area contributed by atoms with Crippen molar-refractivity contribution in [2.75, 3.05) is 13.7 Å². The van der Waals surface area contributed by atoms with Crippen molar-refractivity contribution in [1.29, 1.82) is 0 Å². The highest BCUT2D eigenvalue weighted by Gasteiger charge is 2.12. The molecule has 2 N–H and O–H groups in total. The van der Waals surface area contributed by atoms with E-state index in [-0.39, 0.29) is 5.91 Å². The van der Waals surface area contributed by atoms with Gasteiger partial charge in [-0.2, -0.15) is 0 Å². The SMILES string of the molecule is COC(C)C(=O)NCCC(O)c1ccccc1. The van der Waals surface area contributed by atoms with Gasteiger partial charge in [-0.1, -0.05) is 30.3 Å². The number of hydrogen-bond donors (Lipinski definition) is 2. The largest absolute Gasteiger partial charge is 0.388 e. The molecule has 94 valence electrons. The second kappa shape index (κ2) is 7.04. The van der Waals surface area contributed by atoms with Crippen molar-refractivity contribution in [3.8, 4) is 0 Å². The number of nitrogens with one attached hydrogen (secondary N) is 1. The lowest BCUT2D eigenvalue weighted by Crippen LogP contribution is -2.34. The molecular formula is C13H19NO3. The normalized spacial score (nSPS) is 14.1. The van der Waals surface area contributed by atoms with Gasteiger partial charge >= 0.3 is 0 Å². The number of aliphatic hydroxyl groups excluding tert-OH is 1. The first-order chi connectivity index (χ1) is 8.15. The highest BCUT2D eigenvalue weighted by molar-refractivity contribution is 5.80. The Labute approximate surface area is 102 Å². The Balaban J connectivity index is 2.30. The zero-order chi connectivity index (χ0) is 12.7. The molecule has 4 nitrogen and oxygen atoms in total. The van der Waals surface area contributed by atoms with Crippen molar-refractivity contribution < 1.29 is 14.6 Å². The lowest BCUT2D eigenvalue weighted by Gasteiger charge is -2.13. The summed E-state index contributed by atoms with van der Waals surface area (Å²) < 4.78 is 4.88. The molecule has 1 amide bonds. The fraction of sp³-hybridized carbons (Fsp3) is 0.462. The van der Waals surface area contributed by atoms with Crippen LogP contribution in [0.4, 0.5) is 0 Å². The molecule has 0 bridgehead atoms. The summed E-state index contributed by atoms with van der Waals surface area (Å²) in [4.78, 5) is 11.4. The van der Waals surface area contributed by atoms with Crippen molar-refractivity contribution in [2.45, 2.75) is 25.6 Å². The van der Waals surface area contributed by atoms with Gasteiger partial charge in [0.25, 0.3) is 0 Å². The number of amides is 1. The molecule has 0 saturated carbocycles. The predicted octanol–water partition coefficient (Wildman–Crippen LogP) is 1.26. The third-order valence-electron chi connectivity index (χ3n) is 2.62. The van der Waals surface area contributed by atoms with E-state index < -0.39 is 12.2 Å². The fourth-order valence-electron chi connectivity index (χ4n) is 1.42. The third kappa shape index (κ3) is 4.54. The summed E-state index contributed by atoms with van der Waals surface area (Å²) in [6.07, 6.45) is -0.509. The molecule has 0 heterocycles. The molecule has 0 fully saturated rings. The van der Waals surface area contributed by atoms with Crippen LogP contribution in [-0.2, 0) is 9.53 Å². The highest BCUT2D eigenvalue weighted by atomic mass is 16.5. The number of rotatable bonds is 6. The molecule has 2 atom stereocenters. The van der Waals surface area contributed by atoms with Gasteiger partial charge in [-0.15, -0.1) is 0 Å². The summed E-state index contributed by atoms with van der Waals surface area (Å²) in [5.41, 5.74) is 0.863. The Kier molecular flexibility index (Phi) is 5.66. The molecular weight excluding hydrogens is 218 g/mol. The van der Waals surface area contributed by atoms with Crippen LogP contribution in [0, 0.1) is 0 Å². The van der Waals surface area contributed by atoms with E-state index in [2.05, 4.69) is 5.32 Å². The molecule has 17 heavy (non-hydrogen) atoms. The maximum Gasteiger partial charge on any atom is 0.248 e. The number of aliphatic hydroxyl groups is 1. The number of ether oxygens (including phenoxy) is 1. The van der Waals surface area contributed by atoms with Gasteiger partial charge in [0, 0.05) is 13.7 Å². The molecule has 1 aromatic carbocycles. The zero-order valence-corrected chi connectivity index (χ0v) is 10.2. The van der Waals surface area contributed by atoms with E-state index in [1.165, 1.54) is 7.11 Å². The van der Waals surface area contributed by atoms with Crippen molar-refractivity contribution in [3.63, 3.8) is 0 Å². The number of carbonyl (C=O) groups is 1. The second-order valence-corrected chi connectivity index (χ2v) is 3.88. The average molecular weight is 237 g/mol. The van der Waals surface area contributed by atoms with Crippen LogP contribution in [0.2, 0.25) is 0 Å². The van der Waals surface area contributed by atoms with Gasteiger partial charge in [0.2, 0.25) is 5.91 Å². The highest BCUT2D eigenvalue weighted by Crippen LogP contribution is 2.14. The van der Waals surface area contributed by atoms with E-state index in [0.717, 1.165) is 5.56 Å². The van der Waals surface area contributed by atoms with Crippen molar-refractivity contribution in [1.82, 2.24) is 5.32 Å². The minimum Gasteiger partial charge on any atom is -0.388 e. The molecule has 0 saturated heterocycles. The predicted molar refractivity (Wildman–Crippen MR) is 65.5 cm³/mol. The van der Waals surface area contributed by atoms with Crippen LogP contribution in [-0.4, -0.2) is 30.8 Å². The Bertz CT molecular complexity index is 340. The minimum absolute atomic E-state index is 0.159. The summed E-state index contributed by atoms with van der Waals surface area (Å²) in [6.45, 7) is 2.12. The number of methoxy groups -OCH3 is 1.